The third-order valence-corrected chi connectivity index (χ3v) is 2.37. The summed E-state index contributed by atoms with van der Waals surface area (Å²) in [5.41, 5.74) is 1.10. The minimum atomic E-state index is -0.393. The molecule has 1 aromatic rings. The Hall–Kier alpha value is -1.39. The largest absolute Gasteiger partial charge is 0.461 e. The predicted molar refractivity (Wildman–Crippen MR) is 60.2 cm³/mol. The van der Waals surface area contributed by atoms with Gasteiger partial charge in [-0.15, -0.1) is 5.10 Å². The summed E-state index contributed by atoms with van der Waals surface area (Å²) in [5.74, 6) is 0.213. The van der Waals surface area contributed by atoms with Crippen molar-refractivity contribution in [2.45, 2.75) is 40.7 Å². The number of esters is 1. The zero-order chi connectivity index (χ0) is 12.1. The molecule has 16 heavy (non-hydrogen) atoms. The molecule has 0 aliphatic rings. The van der Waals surface area contributed by atoms with Crippen molar-refractivity contribution in [1.29, 1.82) is 0 Å². The summed E-state index contributed by atoms with van der Waals surface area (Å²) >= 11 is 0. The number of ether oxygens (including phenoxy) is 1. The van der Waals surface area contributed by atoms with Gasteiger partial charge < -0.3 is 4.74 Å². The van der Waals surface area contributed by atoms with E-state index in [0.717, 1.165) is 18.7 Å². The summed E-state index contributed by atoms with van der Waals surface area (Å²) in [6, 6.07) is 0. The van der Waals surface area contributed by atoms with E-state index in [1.807, 2.05) is 6.92 Å². The highest BCUT2D eigenvalue weighted by atomic mass is 16.5. The summed E-state index contributed by atoms with van der Waals surface area (Å²) < 4.78 is 6.65. The lowest BCUT2D eigenvalue weighted by Crippen LogP contribution is -2.09. The molecular formula is C11H19N3O2. The van der Waals surface area contributed by atoms with Crippen molar-refractivity contribution >= 4 is 5.97 Å². The van der Waals surface area contributed by atoms with E-state index in [9.17, 15) is 4.79 Å². The Morgan fingerprint density at radius 2 is 2.19 bits per heavy atom. The highest BCUT2D eigenvalue weighted by Crippen LogP contribution is 2.08. The zero-order valence-electron chi connectivity index (χ0n) is 10.4. The van der Waals surface area contributed by atoms with Crippen molar-refractivity contribution in [3.63, 3.8) is 0 Å². The van der Waals surface area contributed by atoms with Crippen LogP contribution in [0.1, 0.15) is 43.4 Å². The minimum absolute atomic E-state index is 0.325. The molecule has 0 N–H and O–H groups in total. The fraction of sp³-hybridized carbons (Fsp3) is 0.727. The van der Waals surface area contributed by atoms with Gasteiger partial charge in [-0.1, -0.05) is 19.1 Å². The molecule has 5 nitrogen and oxygen atoms in total. The third kappa shape index (κ3) is 3.05. The first kappa shape index (κ1) is 12.7. The van der Waals surface area contributed by atoms with Gasteiger partial charge in [0.05, 0.1) is 12.3 Å². The fourth-order valence-electron chi connectivity index (χ4n) is 1.34. The molecule has 0 fully saturated rings. The molecule has 0 radical (unpaired) electrons. The molecule has 0 aliphatic carbocycles. The number of carbonyl (C=O) groups is 1. The minimum Gasteiger partial charge on any atom is -0.461 e. The number of carbonyl (C=O) groups excluding carboxylic acids is 1. The smallest absolute Gasteiger partial charge is 0.360 e. The van der Waals surface area contributed by atoms with Crippen molar-refractivity contribution in [2.24, 2.45) is 5.92 Å². The Labute approximate surface area is 95.8 Å². The molecule has 0 aliphatic heterocycles. The Balaban J connectivity index is 2.72. The molecule has 1 rings (SSSR count). The van der Waals surface area contributed by atoms with Crippen molar-refractivity contribution in [2.75, 3.05) is 6.61 Å². The SMILES string of the molecule is CCOC(=O)c1nnn(CCC(C)C)c1C. The van der Waals surface area contributed by atoms with Crippen LogP contribution in [0, 0.1) is 12.8 Å². The molecule has 0 spiro atoms. The molecule has 1 aromatic heterocycles. The second-order valence-corrected chi connectivity index (χ2v) is 4.15. The Kier molecular flexibility index (Phi) is 4.46. The lowest BCUT2D eigenvalue weighted by Gasteiger charge is -2.05. The highest BCUT2D eigenvalue weighted by molar-refractivity contribution is 5.88. The lowest BCUT2D eigenvalue weighted by atomic mass is 10.1. The maximum atomic E-state index is 11.5. The van der Waals surface area contributed by atoms with Crippen LogP contribution in [0.5, 0.6) is 0 Å². The average molecular weight is 225 g/mol. The van der Waals surface area contributed by atoms with Crippen LogP contribution in [-0.2, 0) is 11.3 Å². The Morgan fingerprint density at radius 1 is 1.50 bits per heavy atom. The number of rotatable bonds is 5. The van der Waals surface area contributed by atoms with Crippen LogP contribution in [-0.4, -0.2) is 27.6 Å². The van der Waals surface area contributed by atoms with Gasteiger partial charge in [-0.3, -0.25) is 0 Å². The van der Waals surface area contributed by atoms with E-state index >= 15 is 0 Å². The molecule has 5 heteroatoms. The van der Waals surface area contributed by atoms with E-state index in [4.69, 9.17) is 4.74 Å². The van der Waals surface area contributed by atoms with Crippen molar-refractivity contribution < 1.29 is 9.53 Å². The third-order valence-electron chi connectivity index (χ3n) is 2.37. The van der Waals surface area contributed by atoms with Crippen LogP contribution in [0.3, 0.4) is 0 Å². The summed E-state index contributed by atoms with van der Waals surface area (Å²) in [6.45, 7) is 9.06. The van der Waals surface area contributed by atoms with E-state index in [1.165, 1.54) is 0 Å². The molecule has 0 atom stereocenters. The van der Waals surface area contributed by atoms with Crippen molar-refractivity contribution in [1.82, 2.24) is 15.0 Å². The van der Waals surface area contributed by atoms with Crippen LogP contribution in [0.4, 0.5) is 0 Å². The monoisotopic (exact) mass is 225 g/mol. The topological polar surface area (TPSA) is 57.0 Å². The molecule has 0 bridgehead atoms. The van der Waals surface area contributed by atoms with E-state index in [-0.39, 0.29) is 0 Å². The first-order chi connectivity index (χ1) is 7.56. The van der Waals surface area contributed by atoms with Crippen LogP contribution >= 0.6 is 0 Å². The summed E-state index contributed by atoms with van der Waals surface area (Å²) in [7, 11) is 0. The molecule has 0 saturated carbocycles. The summed E-state index contributed by atoms with van der Waals surface area (Å²) in [5, 5.41) is 7.81. The van der Waals surface area contributed by atoms with E-state index < -0.39 is 5.97 Å². The van der Waals surface area contributed by atoms with Crippen molar-refractivity contribution in [3.05, 3.63) is 11.4 Å². The van der Waals surface area contributed by atoms with Gasteiger partial charge in [-0.2, -0.15) is 0 Å². The molecule has 0 unspecified atom stereocenters. The van der Waals surface area contributed by atoms with Gasteiger partial charge in [-0.05, 0) is 26.2 Å². The van der Waals surface area contributed by atoms with Gasteiger partial charge in [0.2, 0.25) is 0 Å². The molecule has 0 aromatic carbocycles. The van der Waals surface area contributed by atoms with E-state index in [2.05, 4.69) is 24.2 Å². The first-order valence-electron chi connectivity index (χ1n) is 5.63. The van der Waals surface area contributed by atoms with Gasteiger partial charge in [0, 0.05) is 6.54 Å². The van der Waals surface area contributed by atoms with Gasteiger partial charge in [0.25, 0.3) is 0 Å². The predicted octanol–water partition coefficient (Wildman–Crippen LogP) is 1.81. The van der Waals surface area contributed by atoms with Crippen LogP contribution in [0.25, 0.3) is 0 Å². The molecule has 0 amide bonds. The fourth-order valence-corrected chi connectivity index (χ4v) is 1.34. The number of aryl methyl sites for hydroxylation is 1. The molecular weight excluding hydrogens is 206 g/mol. The molecule has 0 saturated heterocycles. The highest BCUT2D eigenvalue weighted by Gasteiger charge is 2.17. The quantitative estimate of drug-likeness (QED) is 0.717. The lowest BCUT2D eigenvalue weighted by molar-refractivity contribution is 0.0518. The van der Waals surface area contributed by atoms with Gasteiger partial charge >= 0.3 is 5.97 Å². The standard InChI is InChI=1S/C11H19N3O2/c1-5-16-11(15)10-9(4)14(13-12-10)7-6-8(2)3/h8H,5-7H2,1-4H3. The summed E-state index contributed by atoms with van der Waals surface area (Å²) in [4.78, 5) is 11.5. The Bertz CT molecular complexity index is 358. The number of hydrogen-bond donors (Lipinski definition) is 0. The number of hydrogen-bond acceptors (Lipinski definition) is 4. The van der Waals surface area contributed by atoms with Crippen LogP contribution in [0.2, 0.25) is 0 Å². The number of nitrogens with zero attached hydrogens (tertiary/aromatic N) is 3. The first-order valence-corrected chi connectivity index (χ1v) is 5.63. The second-order valence-electron chi connectivity index (χ2n) is 4.15. The normalized spacial score (nSPS) is 10.8. The maximum Gasteiger partial charge on any atom is 0.360 e. The average Bonchev–Trinajstić information content (AvgIpc) is 2.57. The van der Waals surface area contributed by atoms with Crippen LogP contribution < -0.4 is 0 Å². The molecule has 1 heterocycles. The maximum absolute atomic E-state index is 11.5. The van der Waals surface area contributed by atoms with E-state index in [1.54, 1.807) is 11.6 Å². The zero-order valence-corrected chi connectivity index (χ0v) is 10.4. The number of aromatic nitrogens is 3. The van der Waals surface area contributed by atoms with Crippen LogP contribution in [0.15, 0.2) is 0 Å². The second kappa shape index (κ2) is 5.63. The van der Waals surface area contributed by atoms with E-state index in [0.29, 0.717) is 18.2 Å². The van der Waals surface area contributed by atoms with Gasteiger partial charge in [-0.25, -0.2) is 9.48 Å². The van der Waals surface area contributed by atoms with Gasteiger partial charge in [0.1, 0.15) is 0 Å². The summed E-state index contributed by atoms with van der Waals surface area (Å²) in [6.07, 6.45) is 1.02. The van der Waals surface area contributed by atoms with Gasteiger partial charge in [0.15, 0.2) is 5.69 Å². The molecule has 90 valence electrons. The Morgan fingerprint density at radius 3 is 2.75 bits per heavy atom. The van der Waals surface area contributed by atoms with Crippen molar-refractivity contribution in [3.8, 4) is 0 Å².